The molecule has 9 heteroatoms. The summed E-state index contributed by atoms with van der Waals surface area (Å²) in [7, 11) is -3.48. The van der Waals surface area contributed by atoms with Crippen LogP contribution in [0.1, 0.15) is 0 Å². The molecule has 1 aliphatic rings. The molecule has 1 aromatic heterocycles. The number of nitrogens with zero attached hydrogens (tertiary/aromatic N) is 2. The van der Waals surface area contributed by atoms with E-state index in [2.05, 4.69) is 26.2 Å². The smallest absolute Gasteiger partial charge is 0.243 e. The molecule has 1 saturated heterocycles. The second kappa shape index (κ2) is 8.30. The Hall–Kier alpha value is -1.78. The number of ether oxygens (including phenoxy) is 1. The number of halogens is 1. The van der Waals surface area contributed by atoms with Crippen molar-refractivity contribution >= 4 is 48.1 Å². The predicted molar refractivity (Wildman–Crippen MR) is 115 cm³/mol. The number of nitrogens with one attached hydrogen (secondary N) is 1. The minimum atomic E-state index is -3.48. The van der Waals surface area contributed by atoms with Crippen molar-refractivity contribution in [2.24, 2.45) is 0 Å². The van der Waals surface area contributed by atoms with E-state index < -0.39 is 10.0 Å². The van der Waals surface area contributed by atoms with Crippen LogP contribution in [0.5, 0.6) is 0 Å². The zero-order valence-electron chi connectivity index (χ0n) is 14.8. The van der Waals surface area contributed by atoms with Gasteiger partial charge in [-0.1, -0.05) is 28.1 Å². The van der Waals surface area contributed by atoms with Crippen LogP contribution < -0.4 is 5.32 Å². The lowest BCUT2D eigenvalue weighted by Crippen LogP contribution is -2.40. The molecule has 0 aliphatic carbocycles. The third kappa shape index (κ3) is 4.28. The van der Waals surface area contributed by atoms with E-state index in [-0.39, 0.29) is 0 Å². The summed E-state index contributed by atoms with van der Waals surface area (Å²) in [5.74, 6) is 0. The molecule has 0 unspecified atom stereocenters. The topological polar surface area (TPSA) is 71.5 Å². The van der Waals surface area contributed by atoms with Crippen molar-refractivity contribution in [3.63, 3.8) is 0 Å². The predicted octanol–water partition coefficient (Wildman–Crippen LogP) is 4.34. The van der Waals surface area contributed by atoms with Crippen molar-refractivity contribution in [1.29, 1.82) is 0 Å². The Kier molecular flexibility index (Phi) is 5.79. The highest BCUT2D eigenvalue weighted by Gasteiger charge is 2.26. The number of hydrogen-bond donors (Lipinski definition) is 1. The van der Waals surface area contributed by atoms with Crippen LogP contribution in [0, 0.1) is 0 Å². The number of aromatic nitrogens is 1. The fraction of sp³-hybridized carbons (Fsp3) is 0.211. The summed E-state index contributed by atoms with van der Waals surface area (Å²) >= 11 is 4.92. The van der Waals surface area contributed by atoms with E-state index in [1.165, 1.54) is 15.6 Å². The van der Waals surface area contributed by atoms with E-state index in [1.54, 1.807) is 24.3 Å². The summed E-state index contributed by atoms with van der Waals surface area (Å²) in [4.78, 5) is 4.89. The molecule has 3 aromatic rings. The molecule has 0 amide bonds. The number of hydrogen-bond acceptors (Lipinski definition) is 6. The van der Waals surface area contributed by atoms with Gasteiger partial charge in [-0.2, -0.15) is 4.31 Å². The van der Waals surface area contributed by atoms with Crippen LogP contribution >= 0.6 is 27.3 Å². The normalized spacial score (nSPS) is 15.5. The van der Waals surface area contributed by atoms with Gasteiger partial charge < -0.3 is 10.1 Å². The van der Waals surface area contributed by atoms with Gasteiger partial charge in [0, 0.05) is 34.2 Å². The lowest BCUT2D eigenvalue weighted by atomic mass is 10.2. The molecule has 0 spiro atoms. The average molecular weight is 480 g/mol. The van der Waals surface area contributed by atoms with Gasteiger partial charge >= 0.3 is 0 Å². The fourth-order valence-electron chi connectivity index (χ4n) is 2.85. The molecule has 0 saturated carbocycles. The fourth-order valence-corrected chi connectivity index (χ4v) is 5.27. The summed E-state index contributed by atoms with van der Waals surface area (Å²) in [5.41, 5.74) is 2.64. The highest BCUT2D eigenvalue weighted by molar-refractivity contribution is 9.10. The number of anilines is 2. The van der Waals surface area contributed by atoms with E-state index in [0.717, 1.165) is 26.5 Å². The Morgan fingerprint density at radius 3 is 2.39 bits per heavy atom. The Morgan fingerprint density at radius 2 is 1.71 bits per heavy atom. The first-order valence-corrected chi connectivity index (χ1v) is 11.8. The van der Waals surface area contributed by atoms with E-state index in [9.17, 15) is 8.42 Å². The van der Waals surface area contributed by atoms with Gasteiger partial charge in [-0.15, -0.1) is 11.3 Å². The Labute approximate surface area is 176 Å². The third-order valence-electron chi connectivity index (χ3n) is 4.36. The SMILES string of the molecule is O=S(=O)(c1ccc(-c2csc(Nc3ccc(Br)cc3)n2)cc1)N1CCOCC1. The summed E-state index contributed by atoms with van der Waals surface area (Å²) in [6, 6.07) is 14.7. The molecular weight excluding hydrogens is 462 g/mol. The van der Waals surface area contributed by atoms with E-state index >= 15 is 0 Å². The van der Waals surface area contributed by atoms with Gasteiger partial charge in [0.05, 0.1) is 23.8 Å². The maximum atomic E-state index is 12.7. The highest BCUT2D eigenvalue weighted by atomic mass is 79.9. The van der Waals surface area contributed by atoms with Gasteiger partial charge in [0.25, 0.3) is 0 Å². The number of morpholine rings is 1. The van der Waals surface area contributed by atoms with Crippen LogP contribution in [0.25, 0.3) is 11.3 Å². The first kappa shape index (κ1) is 19.5. The molecule has 0 bridgehead atoms. The summed E-state index contributed by atoms with van der Waals surface area (Å²) in [6.45, 7) is 1.65. The average Bonchev–Trinajstić information content (AvgIpc) is 3.19. The number of benzene rings is 2. The van der Waals surface area contributed by atoms with Gasteiger partial charge in [-0.05, 0) is 36.4 Å². The van der Waals surface area contributed by atoms with E-state index in [0.29, 0.717) is 31.2 Å². The number of sulfonamides is 1. The first-order valence-electron chi connectivity index (χ1n) is 8.69. The molecule has 1 fully saturated rings. The molecule has 28 heavy (non-hydrogen) atoms. The molecule has 146 valence electrons. The minimum absolute atomic E-state index is 0.293. The van der Waals surface area contributed by atoms with Crippen LogP contribution in [0.15, 0.2) is 63.3 Å². The van der Waals surface area contributed by atoms with Crippen molar-refractivity contribution in [3.8, 4) is 11.3 Å². The van der Waals surface area contributed by atoms with Crippen LogP contribution in [0.4, 0.5) is 10.8 Å². The second-order valence-corrected chi connectivity index (χ2v) is 9.92. The van der Waals surface area contributed by atoms with Crippen LogP contribution in [-0.2, 0) is 14.8 Å². The molecule has 2 heterocycles. The van der Waals surface area contributed by atoms with Gasteiger partial charge in [0.2, 0.25) is 10.0 Å². The standard InChI is InChI=1S/C19H18BrN3O3S2/c20-15-3-5-16(6-4-15)21-19-22-18(13-27-19)14-1-7-17(8-2-14)28(24,25)23-9-11-26-12-10-23/h1-8,13H,9-12H2,(H,21,22). The molecule has 1 aliphatic heterocycles. The number of thiazole rings is 1. The van der Waals surface area contributed by atoms with E-state index in [4.69, 9.17) is 4.74 Å². The summed E-state index contributed by atoms with van der Waals surface area (Å²) in [6.07, 6.45) is 0. The van der Waals surface area contributed by atoms with Crippen LogP contribution in [-0.4, -0.2) is 44.0 Å². The Bertz CT molecular complexity index is 1040. The van der Waals surface area contributed by atoms with Crippen molar-refractivity contribution in [2.45, 2.75) is 4.90 Å². The molecule has 0 atom stereocenters. The summed E-state index contributed by atoms with van der Waals surface area (Å²) < 4.78 is 33.1. The zero-order valence-corrected chi connectivity index (χ0v) is 18.1. The van der Waals surface area contributed by atoms with Gasteiger partial charge in [0.15, 0.2) is 5.13 Å². The van der Waals surface area contributed by atoms with Crippen LogP contribution in [0.3, 0.4) is 0 Å². The minimum Gasteiger partial charge on any atom is -0.379 e. The monoisotopic (exact) mass is 479 g/mol. The van der Waals surface area contributed by atoms with Crippen molar-refractivity contribution < 1.29 is 13.2 Å². The molecular formula is C19H18BrN3O3S2. The lowest BCUT2D eigenvalue weighted by Gasteiger charge is -2.26. The highest BCUT2D eigenvalue weighted by Crippen LogP contribution is 2.29. The molecule has 2 aromatic carbocycles. The van der Waals surface area contributed by atoms with Crippen LogP contribution in [0.2, 0.25) is 0 Å². The molecule has 6 nitrogen and oxygen atoms in total. The zero-order chi connectivity index (χ0) is 19.6. The number of rotatable bonds is 5. The maximum Gasteiger partial charge on any atom is 0.243 e. The molecule has 0 radical (unpaired) electrons. The van der Waals surface area contributed by atoms with Gasteiger partial charge in [0.1, 0.15) is 0 Å². The second-order valence-electron chi connectivity index (χ2n) is 6.21. The Morgan fingerprint density at radius 1 is 1.04 bits per heavy atom. The third-order valence-corrected chi connectivity index (χ3v) is 7.56. The molecule has 4 rings (SSSR count). The van der Waals surface area contributed by atoms with Crippen molar-refractivity contribution in [2.75, 3.05) is 31.6 Å². The largest absolute Gasteiger partial charge is 0.379 e. The Balaban J connectivity index is 1.49. The lowest BCUT2D eigenvalue weighted by molar-refractivity contribution is 0.0730. The van der Waals surface area contributed by atoms with Crippen molar-refractivity contribution in [3.05, 3.63) is 58.4 Å². The van der Waals surface area contributed by atoms with Gasteiger partial charge in [-0.25, -0.2) is 13.4 Å². The van der Waals surface area contributed by atoms with Crippen molar-refractivity contribution in [1.82, 2.24) is 9.29 Å². The van der Waals surface area contributed by atoms with E-state index in [1.807, 2.05) is 29.6 Å². The summed E-state index contributed by atoms with van der Waals surface area (Å²) in [5, 5.41) is 6.00. The quantitative estimate of drug-likeness (QED) is 0.589. The van der Waals surface area contributed by atoms with Gasteiger partial charge in [-0.3, -0.25) is 0 Å². The maximum absolute atomic E-state index is 12.7. The molecule has 1 N–H and O–H groups in total. The first-order chi connectivity index (χ1) is 13.5.